The van der Waals surface area contributed by atoms with Crippen LogP contribution < -0.4 is 5.46 Å². The van der Waals surface area contributed by atoms with Gasteiger partial charge in [-0.25, -0.2) is 0 Å². The van der Waals surface area contributed by atoms with Gasteiger partial charge in [0.2, 0.25) is 0 Å². The number of carbonyl (C=O) groups excluding carboxylic acids is 1. The zero-order valence-electron chi connectivity index (χ0n) is 9.99. The third-order valence-electron chi connectivity index (χ3n) is 3.27. The van der Waals surface area contributed by atoms with E-state index in [1.807, 2.05) is 25.1 Å². The Labute approximate surface area is 97.8 Å². The van der Waals surface area contributed by atoms with Gasteiger partial charge < -0.3 is 0 Å². The predicted octanol–water partition coefficient (Wildman–Crippen LogP) is 1.85. The summed E-state index contributed by atoms with van der Waals surface area (Å²) in [5.41, 5.74) is 3.24. The molecule has 16 heavy (non-hydrogen) atoms. The number of fused-ring (bicyclic) bond motifs is 1. The van der Waals surface area contributed by atoms with Gasteiger partial charge >= 0.3 is 97.3 Å². The summed E-state index contributed by atoms with van der Waals surface area (Å²) in [4.78, 5) is 12.2. The number of rotatable bonds is 3. The molecule has 0 spiro atoms. The molecule has 0 heterocycles. The summed E-state index contributed by atoms with van der Waals surface area (Å²) < 4.78 is 0. The molecule has 0 amide bonds. The van der Waals surface area contributed by atoms with E-state index in [1.54, 1.807) is 0 Å². The van der Waals surface area contributed by atoms with Crippen LogP contribution in [0, 0.1) is 11.8 Å². The van der Waals surface area contributed by atoms with Gasteiger partial charge in [0.15, 0.2) is 0 Å². The molecule has 0 aromatic heterocycles. The second-order valence-corrected chi connectivity index (χ2v) is 4.97. The van der Waals surface area contributed by atoms with Crippen molar-refractivity contribution in [1.29, 1.82) is 0 Å². The van der Waals surface area contributed by atoms with E-state index in [1.165, 1.54) is 5.56 Å². The molecule has 1 aromatic carbocycles. The molecule has 1 unspecified atom stereocenters. The van der Waals surface area contributed by atoms with Crippen LogP contribution in [-0.2, 0) is 6.42 Å². The molecule has 0 aliphatic heterocycles. The molecule has 1 nitrogen and oxygen atoms in total. The molecular formula is C14H17BO. The summed E-state index contributed by atoms with van der Waals surface area (Å²) in [7, 11) is 0. The molecule has 82 valence electrons. The number of Topliss-reactive ketones (excluding diaryl/α,β-unsaturated/α-hetero) is 1. The Morgan fingerprint density at radius 2 is 2.25 bits per heavy atom. The molecule has 0 radical (unpaired) electrons. The van der Waals surface area contributed by atoms with Gasteiger partial charge in [-0.05, 0) is 0 Å². The minimum absolute atomic E-state index is 0.191. The van der Waals surface area contributed by atoms with Gasteiger partial charge in [-0.3, -0.25) is 0 Å². The summed E-state index contributed by atoms with van der Waals surface area (Å²) in [6.07, 6.45) is 1.89. The van der Waals surface area contributed by atoms with Crippen LogP contribution in [0.3, 0.4) is 0 Å². The zero-order chi connectivity index (χ0) is 11.7. The molecule has 1 aliphatic rings. The first-order valence-electron chi connectivity index (χ1n) is 5.92. The maximum atomic E-state index is 12.2. The molecule has 1 atom stereocenters. The quantitative estimate of drug-likeness (QED) is 0.699. The molecule has 0 N–H and O–H groups in total. The summed E-state index contributed by atoms with van der Waals surface area (Å²) >= 11 is 0. The number of ketones is 1. The van der Waals surface area contributed by atoms with Crippen molar-refractivity contribution >= 4 is 24.6 Å². The Morgan fingerprint density at radius 3 is 2.88 bits per heavy atom. The molecule has 2 rings (SSSR count). The molecule has 1 aromatic rings. The van der Waals surface area contributed by atoms with Crippen LogP contribution in [-0.4, -0.2) is 19.2 Å². The average molecular weight is 212 g/mol. The predicted molar refractivity (Wildman–Crippen MR) is 69.9 cm³/mol. The van der Waals surface area contributed by atoms with Crippen LogP contribution in [0.2, 0.25) is 0 Å². The van der Waals surface area contributed by atoms with Crippen molar-refractivity contribution in [2.45, 2.75) is 26.7 Å². The third-order valence-corrected chi connectivity index (χ3v) is 3.27. The number of hydrogen-bond donors (Lipinski definition) is 0. The number of benzene rings is 1. The first-order valence-corrected chi connectivity index (χ1v) is 5.92. The molecule has 2 heteroatoms. The second kappa shape index (κ2) is 4.36. The summed E-state index contributed by atoms with van der Waals surface area (Å²) in [6, 6.07) is 5.94. The van der Waals surface area contributed by atoms with Gasteiger partial charge in [0.25, 0.3) is 0 Å². The van der Waals surface area contributed by atoms with E-state index in [0.29, 0.717) is 11.7 Å². The summed E-state index contributed by atoms with van der Waals surface area (Å²) in [6.45, 7) is 10.0. The summed E-state index contributed by atoms with van der Waals surface area (Å²) in [5.74, 6) is 1.10. The number of hydrogen-bond acceptors (Lipinski definition) is 1. The van der Waals surface area contributed by atoms with E-state index in [0.717, 1.165) is 23.9 Å². The Hall–Kier alpha value is -1.18. The van der Waals surface area contributed by atoms with Crippen LogP contribution in [0.25, 0.3) is 0 Å². The first kappa shape index (κ1) is 11.3. The standard InChI is InChI=1S/C14H17BO/c1-9(2)7-10-8-12-11(14(10)16)5-4-6-13(12)15-3/h4-6,9-10H,3,7-8H2,1-2H3. The van der Waals surface area contributed by atoms with Crippen LogP contribution in [0.1, 0.15) is 36.2 Å². The van der Waals surface area contributed by atoms with E-state index in [9.17, 15) is 4.79 Å². The van der Waals surface area contributed by atoms with Crippen molar-refractivity contribution in [1.82, 2.24) is 0 Å². The Kier molecular flexibility index (Phi) is 3.09. The van der Waals surface area contributed by atoms with Gasteiger partial charge in [0.05, 0.1) is 0 Å². The van der Waals surface area contributed by atoms with E-state index < -0.39 is 0 Å². The van der Waals surface area contributed by atoms with Gasteiger partial charge in [0.1, 0.15) is 0 Å². The van der Waals surface area contributed by atoms with Crippen LogP contribution in [0.4, 0.5) is 0 Å². The zero-order valence-corrected chi connectivity index (χ0v) is 9.99. The van der Waals surface area contributed by atoms with Crippen molar-refractivity contribution in [2.24, 2.45) is 11.8 Å². The molecule has 1 aliphatic carbocycles. The molecule has 0 saturated carbocycles. The van der Waals surface area contributed by atoms with Crippen molar-refractivity contribution in [2.75, 3.05) is 0 Å². The Balaban J connectivity index is 2.34. The Morgan fingerprint density at radius 1 is 1.50 bits per heavy atom. The van der Waals surface area contributed by atoms with Gasteiger partial charge in [-0.1, -0.05) is 0 Å². The SMILES string of the molecule is C=Bc1cccc2c1CC(CC(C)C)C2=O. The normalized spacial score (nSPS) is 18.7. The maximum absolute atomic E-state index is 12.2. The van der Waals surface area contributed by atoms with Crippen LogP contribution >= 0.6 is 0 Å². The van der Waals surface area contributed by atoms with Gasteiger partial charge in [-0.2, -0.15) is 0 Å². The fraction of sp³-hybridized carbons (Fsp3) is 0.429. The van der Waals surface area contributed by atoms with E-state index >= 15 is 0 Å². The van der Waals surface area contributed by atoms with E-state index in [-0.39, 0.29) is 5.92 Å². The monoisotopic (exact) mass is 212 g/mol. The Bertz CT molecular complexity index is 434. The van der Waals surface area contributed by atoms with Crippen LogP contribution in [0.5, 0.6) is 0 Å². The van der Waals surface area contributed by atoms with Crippen molar-refractivity contribution in [3.63, 3.8) is 0 Å². The molecule has 0 fully saturated rings. The van der Waals surface area contributed by atoms with Crippen molar-refractivity contribution in [3.05, 3.63) is 29.3 Å². The van der Waals surface area contributed by atoms with Crippen LogP contribution in [0.15, 0.2) is 18.2 Å². The topological polar surface area (TPSA) is 17.1 Å². The second-order valence-electron chi connectivity index (χ2n) is 4.97. The van der Waals surface area contributed by atoms with Gasteiger partial charge in [-0.15, -0.1) is 0 Å². The van der Waals surface area contributed by atoms with E-state index in [4.69, 9.17) is 0 Å². The van der Waals surface area contributed by atoms with Gasteiger partial charge in [0, 0.05) is 0 Å². The van der Waals surface area contributed by atoms with Crippen molar-refractivity contribution in [3.8, 4) is 0 Å². The molecule has 0 bridgehead atoms. The van der Waals surface area contributed by atoms with E-state index in [2.05, 4.69) is 20.3 Å². The fourth-order valence-corrected chi connectivity index (χ4v) is 2.57. The fourth-order valence-electron chi connectivity index (χ4n) is 2.57. The molecular weight excluding hydrogens is 195 g/mol. The molecule has 0 saturated heterocycles. The summed E-state index contributed by atoms with van der Waals surface area (Å²) in [5, 5.41) is 0. The van der Waals surface area contributed by atoms with Crippen molar-refractivity contribution < 1.29 is 4.79 Å². The first-order chi connectivity index (χ1) is 7.63. The number of carbonyl (C=O) groups is 1. The third kappa shape index (κ3) is 1.89. The average Bonchev–Trinajstić information content (AvgIpc) is 2.55. The minimum atomic E-state index is 0.191.